The molecule has 0 aliphatic carbocycles. The Balaban J connectivity index is 5.89. The van der Waals surface area contributed by atoms with Crippen molar-refractivity contribution in [2.45, 2.75) is 124 Å². The van der Waals surface area contributed by atoms with Crippen molar-refractivity contribution in [2.24, 2.45) is 17.3 Å². The Kier molecular flexibility index (Phi) is 14.7. The number of hydrogen-bond acceptors (Lipinski definition) is 4. The second-order valence-electron chi connectivity index (χ2n) is 8.59. The summed E-state index contributed by atoms with van der Waals surface area (Å²) in [7, 11) is 0. The van der Waals surface area contributed by atoms with E-state index < -0.39 is 11.0 Å². The van der Waals surface area contributed by atoms with Crippen LogP contribution >= 0.6 is 0 Å². The predicted molar refractivity (Wildman–Crippen MR) is 114 cm³/mol. The SMILES string of the molecule is CCCCC(CC)CC(CC(CC)CCCC)(OO)C(CC)(CC)COO. The van der Waals surface area contributed by atoms with E-state index in [2.05, 4.69) is 41.5 Å². The van der Waals surface area contributed by atoms with Crippen molar-refractivity contribution in [3.05, 3.63) is 0 Å². The zero-order valence-corrected chi connectivity index (χ0v) is 19.1. The standard InChI is InChI=1S/C23H48O4/c1-7-13-15-20(9-3)17-23(27-25,18-21(10-4)16-14-8-2)22(11-5,12-6)19-26-24/h20-21,24-25H,7-19H2,1-6H3. The van der Waals surface area contributed by atoms with E-state index in [1.807, 2.05) is 0 Å². The van der Waals surface area contributed by atoms with Crippen molar-refractivity contribution in [2.75, 3.05) is 6.61 Å². The van der Waals surface area contributed by atoms with Crippen molar-refractivity contribution in [3.8, 4) is 0 Å². The summed E-state index contributed by atoms with van der Waals surface area (Å²) in [6.45, 7) is 13.4. The van der Waals surface area contributed by atoms with E-state index in [1.165, 1.54) is 25.7 Å². The third-order valence-corrected chi connectivity index (χ3v) is 7.16. The van der Waals surface area contributed by atoms with Crippen LogP contribution in [0.2, 0.25) is 0 Å². The average molecular weight is 389 g/mol. The van der Waals surface area contributed by atoms with Crippen LogP contribution in [-0.4, -0.2) is 22.7 Å². The topological polar surface area (TPSA) is 58.9 Å². The maximum atomic E-state index is 10.3. The maximum Gasteiger partial charge on any atom is 0.112 e. The predicted octanol–water partition coefficient (Wildman–Crippen LogP) is 7.72. The van der Waals surface area contributed by atoms with Crippen molar-refractivity contribution in [1.82, 2.24) is 0 Å². The van der Waals surface area contributed by atoms with E-state index >= 15 is 0 Å². The number of hydrogen-bond donors (Lipinski definition) is 2. The van der Waals surface area contributed by atoms with Gasteiger partial charge in [0, 0.05) is 5.41 Å². The molecule has 0 aromatic carbocycles. The Bertz CT molecular complexity index is 323. The molecule has 0 aromatic rings. The molecule has 0 aliphatic heterocycles. The Morgan fingerprint density at radius 3 is 1.44 bits per heavy atom. The van der Waals surface area contributed by atoms with Crippen molar-refractivity contribution in [1.29, 1.82) is 0 Å². The molecular formula is C23H48O4. The lowest BCUT2D eigenvalue weighted by Gasteiger charge is -2.50. The summed E-state index contributed by atoms with van der Waals surface area (Å²) in [4.78, 5) is 10.2. The highest BCUT2D eigenvalue weighted by molar-refractivity contribution is 5.00. The van der Waals surface area contributed by atoms with Crippen LogP contribution in [0.3, 0.4) is 0 Å². The highest BCUT2D eigenvalue weighted by atomic mass is 17.1. The van der Waals surface area contributed by atoms with Crippen molar-refractivity contribution >= 4 is 0 Å². The van der Waals surface area contributed by atoms with Gasteiger partial charge in [-0.25, -0.2) is 9.78 Å². The van der Waals surface area contributed by atoms with Gasteiger partial charge in [0.15, 0.2) is 0 Å². The van der Waals surface area contributed by atoms with Gasteiger partial charge in [-0.3, -0.25) is 10.5 Å². The van der Waals surface area contributed by atoms with E-state index in [1.54, 1.807) is 0 Å². The van der Waals surface area contributed by atoms with E-state index in [0.29, 0.717) is 11.8 Å². The highest BCUT2D eigenvalue weighted by Crippen LogP contribution is 2.50. The van der Waals surface area contributed by atoms with Crippen LogP contribution < -0.4 is 0 Å². The summed E-state index contributed by atoms with van der Waals surface area (Å²) >= 11 is 0. The molecule has 4 nitrogen and oxygen atoms in total. The van der Waals surface area contributed by atoms with Crippen LogP contribution in [0.4, 0.5) is 0 Å². The summed E-state index contributed by atoms with van der Waals surface area (Å²) in [5, 5.41) is 19.7. The first-order valence-corrected chi connectivity index (χ1v) is 11.6. The lowest BCUT2D eigenvalue weighted by atomic mass is 9.61. The zero-order valence-electron chi connectivity index (χ0n) is 19.1. The van der Waals surface area contributed by atoms with Crippen molar-refractivity contribution in [3.63, 3.8) is 0 Å². The van der Waals surface area contributed by atoms with E-state index in [0.717, 1.165) is 51.4 Å². The van der Waals surface area contributed by atoms with Gasteiger partial charge in [0.05, 0.1) is 6.61 Å². The maximum absolute atomic E-state index is 10.3. The minimum Gasteiger partial charge on any atom is -0.252 e. The smallest absolute Gasteiger partial charge is 0.112 e. The first-order chi connectivity index (χ1) is 13.0. The minimum absolute atomic E-state index is 0.203. The summed E-state index contributed by atoms with van der Waals surface area (Å²) < 4.78 is 0. The molecule has 0 amide bonds. The van der Waals surface area contributed by atoms with Crippen molar-refractivity contribution < 1.29 is 20.3 Å². The van der Waals surface area contributed by atoms with E-state index in [9.17, 15) is 10.5 Å². The number of rotatable bonds is 18. The quantitative estimate of drug-likeness (QED) is 0.186. The molecule has 0 bridgehead atoms. The van der Waals surface area contributed by atoms with Crippen LogP contribution in [0.25, 0.3) is 0 Å². The molecule has 4 heteroatoms. The molecule has 0 spiro atoms. The molecule has 2 atom stereocenters. The van der Waals surface area contributed by atoms with E-state index in [4.69, 9.17) is 9.78 Å². The molecule has 0 saturated heterocycles. The molecule has 0 radical (unpaired) electrons. The van der Waals surface area contributed by atoms with Gasteiger partial charge in [-0.1, -0.05) is 92.9 Å². The molecule has 27 heavy (non-hydrogen) atoms. The molecule has 0 rings (SSSR count). The second-order valence-corrected chi connectivity index (χ2v) is 8.59. The summed E-state index contributed by atoms with van der Waals surface area (Å²) in [6, 6.07) is 0. The molecule has 2 N–H and O–H groups in total. The molecule has 0 heterocycles. The second kappa shape index (κ2) is 14.8. The lowest BCUT2D eigenvalue weighted by molar-refractivity contribution is -0.383. The molecule has 0 aromatic heterocycles. The first kappa shape index (κ1) is 26.8. The fourth-order valence-electron chi connectivity index (χ4n) is 4.86. The summed E-state index contributed by atoms with van der Waals surface area (Å²) in [5.74, 6) is 1.02. The zero-order chi connectivity index (χ0) is 20.8. The van der Waals surface area contributed by atoms with E-state index in [-0.39, 0.29) is 6.61 Å². The third kappa shape index (κ3) is 7.64. The monoisotopic (exact) mass is 388 g/mol. The molecular weight excluding hydrogens is 340 g/mol. The third-order valence-electron chi connectivity index (χ3n) is 7.16. The van der Waals surface area contributed by atoms with Gasteiger partial charge in [-0.15, -0.1) is 0 Å². The molecule has 0 aliphatic rings. The Hall–Kier alpha value is -0.160. The normalized spacial score (nSPS) is 16.9. The molecule has 2 unspecified atom stereocenters. The summed E-state index contributed by atoms with van der Waals surface area (Å²) in [6.07, 6.45) is 12.5. The van der Waals surface area contributed by atoms with Crippen LogP contribution in [-0.2, 0) is 9.78 Å². The lowest BCUT2D eigenvalue weighted by Crippen LogP contribution is -2.54. The molecule has 164 valence electrons. The van der Waals surface area contributed by atoms with Gasteiger partial charge in [-0.05, 0) is 37.5 Å². The fraction of sp³-hybridized carbons (Fsp3) is 1.00. The first-order valence-electron chi connectivity index (χ1n) is 11.6. The van der Waals surface area contributed by atoms with Crippen LogP contribution in [0.5, 0.6) is 0 Å². The molecule has 0 saturated carbocycles. The Labute approximate surface area is 168 Å². The van der Waals surface area contributed by atoms with Gasteiger partial charge in [0.25, 0.3) is 0 Å². The highest BCUT2D eigenvalue weighted by Gasteiger charge is 2.52. The molecule has 0 fully saturated rings. The number of unbranched alkanes of at least 4 members (excludes halogenated alkanes) is 2. The van der Waals surface area contributed by atoms with Crippen LogP contribution in [0.1, 0.15) is 119 Å². The van der Waals surface area contributed by atoms with Gasteiger partial charge in [0.2, 0.25) is 0 Å². The van der Waals surface area contributed by atoms with Gasteiger partial charge < -0.3 is 0 Å². The minimum atomic E-state index is -0.679. The Morgan fingerprint density at radius 1 is 0.741 bits per heavy atom. The summed E-state index contributed by atoms with van der Waals surface area (Å²) in [5.41, 5.74) is -1.07. The fourth-order valence-corrected chi connectivity index (χ4v) is 4.86. The van der Waals surface area contributed by atoms with Crippen LogP contribution in [0, 0.1) is 17.3 Å². The van der Waals surface area contributed by atoms with Gasteiger partial charge in [0.1, 0.15) is 5.60 Å². The largest absolute Gasteiger partial charge is 0.252 e. The van der Waals surface area contributed by atoms with Gasteiger partial charge in [-0.2, -0.15) is 0 Å². The van der Waals surface area contributed by atoms with Gasteiger partial charge >= 0.3 is 0 Å². The average Bonchev–Trinajstić information content (AvgIpc) is 2.71. The van der Waals surface area contributed by atoms with Crippen LogP contribution in [0.15, 0.2) is 0 Å². The Morgan fingerprint density at radius 2 is 1.19 bits per heavy atom.